The van der Waals surface area contributed by atoms with E-state index in [1.54, 1.807) is 13.1 Å². The number of aromatic nitrogens is 4. The highest BCUT2D eigenvalue weighted by molar-refractivity contribution is 5.75. The van der Waals surface area contributed by atoms with Crippen LogP contribution in [0.2, 0.25) is 0 Å². The third kappa shape index (κ3) is 2.50. The largest absolute Gasteiger partial charge is 0.338 e. The van der Waals surface area contributed by atoms with Crippen LogP contribution in [0.15, 0.2) is 33.9 Å². The first-order valence-corrected chi connectivity index (χ1v) is 8.27. The Kier molecular flexibility index (Phi) is 4.42. The average Bonchev–Trinajstić information content (AvgIpc) is 2.98. The van der Waals surface area contributed by atoms with Gasteiger partial charge in [-0.15, -0.1) is 0 Å². The van der Waals surface area contributed by atoms with Crippen molar-refractivity contribution in [2.45, 2.75) is 33.4 Å². The van der Waals surface area contributed by atoms with Gasteiger partial charge in [0.15, 0.2) is 11.2 Å². The van der Waals surface area contributed by atoms with E-state index in [2.05, 4.69) is 16.0 Å². The smallest absolute Gasteiger partial charge is 0.332 e. The van der Waals surface area contributed by atoms with Crippen LogP contribution in [0.4, 0.5) is 5.95 Å². The van der Waals surface area contributed by atoms with Crippen LogP contribution in [-0.4, -0.2) is 31.8 Å². The molecule has 0 spiro atoms. The predicted molar refractivity (Wildman–Crippen MR) is 95.7 cm³/mol. The molecule has 0 unspecified atom stereocenters. The van der Waals surface area contributed by atoms with E-state index in [9.17, 15) is 9.59 Å². The maximum Gasteiger partial charge on any atom is 0.332 e. The van der Waals surface area contributed by atoms with Crippen molar-refractivity contribution in [3.8, 4) is 0 Å². The summed E-state index contributed by atoms with van der Waals surface area (Å²) in [5, 5.41) is 0. The molecule has 1 aliphatic rings. The first kappa shape index (κ1) is 16.3. The Hall–Kier alpha value is -2.57. The van der Waals surface area contributed by atoms with Gasteiger partial charge in [0.2, 0.25) is 5.95 Å². The Labute approximate surface area is 140 Å². The molecule has 0 saturated carbocycles. The molecule has 0 N–H and O–H groups in total. The second-order valence-corrected chi connectivity index (χ2v) is 5.93. The minimum atomic E-state index is -0.332. The quantitative estimate of drug-likeness (QED) is 0.792. The number of hydrogen-bond donors (Lipinski definition) is 0. The highest BCUT2D eigenvalue weighted by Crippen LogP contribution is 2.24. The second-order valence-electron chi connectivity index (χ2n) is 5.93. The third-order valence-corrected chi connectivity index (χ3v) is 4.39. The number of allylic oxidation sites excluding steroid dienone is 3. The van der Waals surface area contributed by atoms with Crippen molar-refractivity contribution in [3.63, 3.8) is 0 Å². The van der Waals surface area contributed by atoms with Crippen molar-refractivity contribution in [3.05, 3.63) is 45.1 Å². The molecule has 0 atom stereocenters. The van der Waals surface area contributed by atoms with Gasteiger partial charge >= 0.3 is 5.69 Å². The number of rotatable bonds is 4. The maximum atomic E-state index is 12.9. The molecule has 3 heterocycles. The normalized spacial score (nSPS) is 15.0. The van der Waals surface area contributed by atoms with E-state index in [1.165, 1.54) is 9.13 Å². The van der Waals surface area contributed by atoms with Crippen molar-refractivity contribution < 1.29 is 0 Å². The molecule has 2 aromatic heterocycles. The van der Waals surface area contributed by atoms with Gasteiger partial charge in [-0.1, -0.05) is 24.3 Å². The summed E-state index contributed by atoms with van der Waals surface area (Å²) < 4.78 is 4.69. The molecule has 24 heavy (non-hydrogen) atoms. The summed E-state index contributed by atoms with van der Waals surface area (Å²) in [5.74, 6) is 0.769. The molecule has 0 amide bonds. The van der Waals surface area contributed by atoms with Crippen LogP contribution in [0.25, 0.3) is 11.2 Å². The van der Waals surface area contributed by atoms with Crippen molar-refractivity contribution in [2.75, 3.05) is 18.0 Å². The zero-order valence-electron chi connectivity index (χ0n) is 14.4. The fraction of sp³-hybridized carbons (Fsp3) is 0.471. The Bertz CT molecular complexity index is 929. The molecule has 0 saturated heterocycles. The highest BCUT2D eigenvalue weighted by Gasteiger charge is 2.25. The minimum Gasteiger partial charge on any atom is -0.338 e. The van der Waals surface area contributed by atoms with E-state index in [-0.39, 0.29) is 17.8 Å². The molecule has 3 rings (SSSR count). The van der Waals surface area contributed by atoms with E-state index in [0.717, 1.165) is 32.0 Å². The maximum absolute atomic E-state index is 12.9. The lowest BCUT2D eigenvalue weighted by Crippen LogP contribution is -2.39. The number of imidazole rings is 1. The van der Waals surface area contributed by atoms with Gasteiger partial charge in [-0.3, -0.25) is 13.9 Å². The molecule has 0 fully saturated rings. The summed E-state index contributed by atoms with van der Waals surface area (Å²) in [6.07, 6.45) is 8.66. The van der Waals surface area contributed by atoms with Crippen LogP contribution >= 0.6 is 0 Å². The Morgan fingerprint density at radius 1 is 1.08 bits per heavy atom. The van der Waals surface area contributed by atoms with Crippen molar-refractivity contribution in [1.82, 2.24) is 18.7 Å². The molecular weight excluding hydrogens is 306 g/mol. The molecule has 2 aromatic rings. The van der Waals surface area contributed by atoms with Crippen LogP contribution in [0.5, 0.6) is 0 Å². The lowest BCUT2D eigenvalue weighted by Gasteiger charge is -2.27. The average molecular weight is 329 g/mol. The molecule has 0 aromatic carbocycles. The number of aryl methyl sites for hydroxylation is 2. The van der Waals surface area contributed by atoms with E-state index in [1.807, 2.05) is 30.6 Å². The van der Waals surface area contributed by atoms with Crippen LogP contribution in [-0.2, 0) is 20.1 Å². The van der Waals surface area contributed by atoms with Crippen molar-refractivity contribution in [2.24, 2.45) is 7.05 Å². The summed E-state index contributed by atoms with van der Waals surface area (Å²) >= 11 is 0. The molecule has 0 radical (unpaired) electrons. The fourth-order valence-corrected chi connectivity index (χ4v) is 3.11. The molecule has 128 valence electrons. The fourth-order valence-electron chi connectivity index (χ4n) is 3.11. The number of nitrogens with zero attached hydrogens (tertiary/aromatic N) is 5. The summed E-state index contributed by atoms with van der Waals surface area (Å²) in [4.78, 5) is 32.1. The van der Waals surface area contributed by atoms with Gasteiger partial charge in [0.25, 0.3) is 5.56 Å². The molecule has 7 nitrogen and oxygen atoms in total. The van der Waals surface area contributed by atoms with Crippen LogP contribution < -0.4 is 16.1 Å². The third-order valence-electron chi connectivity index (χ3n) is 4.39. The second kappa shape index (κ2) is 6.51. The molecule has 7 heteroatoms. The van der Waals surface area contributed by atoms with Crippen molar-refractivity contribution in [1.29, 1.82) is 0 Å². The Morgan fingerprint density at radius 2 is 1.79 bits per heavy atom. The summed E-state index contributed by atoms with van der Waals surface area (Å²) in [7, 11) is 1.67. The van der Waals surface area contributed by atoms with Crippen LogP contribution in [0.3, 0.4) is 0 Å². The van der Waals surface area contributed by atoms with Gasteiger partial charge in [-0.25, -0.2) is 4.79 Å². The van der Waals surface area contributed by atoms with Gasteiger partial charge in [0.1, 0.15) is 0 Å². The lowest BCUT2D eigenvalue weighted by atomic mass is 10.3. The van der Waals surface area contributed by atoms with Gasteiger partial charge < -0.3 is 9.47 Å². The van der Waals surface area contributed by atoms with Gasteiger partial charge in [0.05, 0.1) is 0 Å². The first-order valence-electron chi connectivity index (χ1n) is 8.27. The predicted octanol–water partition coefficient (Wildman–Crippen LogP) is 1.26. The summed E-state index contributed by atoms with van der Waals surface area (Å²) in [5.41, 5.74) is 0.379. The first-order chi connectivity index (χ1) is 11.6. The monoisotopic (exact) mass is 329 g/mol. The Balaban J connectivity index is 2.26. The molecule has 0 aliphatic carbocycles. The minimum absolute atomic E-state index is 0.266. The van der Waals surface area contributed by atoms with Gasteiger partial charge in [-0.05, 0) is 20.3 Å². The van der Waals surface area contributed by atoms with Crippen LogP contribution in [0.1, 0.15) is 20.3 Å². The SMILES string of the molecule is C/C=C\CN1CCCn2c1nc1c2c(=O)n(C/C=C/C)c(=O)n1C. The van der Waals surface area contributed by atoms with Crippen LogP contribution in [0, 0.1) is 0 Å². The Morgan fingerprint density at radius 3 is 2.50 bits per heavy atom. The topological polar surface area (TPSA) is 65.1 Å². The number of hydrogen-bond acceptors (Lipinski definition) is 4. The van der Waals surface area contributed by atoms with Gasteiger partial charge in [0, 0.05) is 33.2 Å². The molecule has 1 aliphatic heterocycles. The van der Waals surface area contributed by atoms with E-state index >= 15 is 0 Å². The molecular formula is C17H23N5O2. The number of fused-ring (bicyclic) bond motifs is 3. The van der Waals surface area contributed by atoms with E-state index in [0.29, 0.717) is 11.2 Å². The van der Waals surface area contributed by atoms with E-state index in [4.69, 9.17) is 0 Å². The standard InChI is InChI=1S/C17H23N5O2/c1-4-6-9-20-10-8-12-21-13-14(18-16(20)21)19(3)17(24)22(15(13)23)11-7-5-2/h4-7H,8-12H2,1-3H3/b6-4-,7-5+. The van der Waals surface area contributed by atoms with Gasteiger partial charge in [-0.2, -0.15) is 4.98 Å². The van der Waals surface area contributed by atoms with E-state index < -0.39 is 0 Å². The highest BCUT2D eigenvalue weighted by atomic mass is 16.2. The zero-order valence-corrected chi connectivity index (χ0v) is 14.4. The summed E-state index contributed by atoms with van der Waals surface area (Å²) in [6.45, 7) is 6.52. The molecule has 0 bridgehead atoms. The zero-order chi connectivity index (χ0) is 17.3. The summed E-state index contributed by atoms with van der Waals surface area (Å²) in [6, 6.07) is 0. The number of anilines is 1. The van der Waals surface area contributed by atoms with Crippen molar-refractivity contribution >= 4 is 17.1 Å². The lowest BCUT2D eigenvalue weighted by molar-refractivity contribution is 0.576.